The second kappa shape index (κ2) is 10.2. The number of hydrogen-bond donors (Lipinski definition) is 1. The van der Waals surface area contributed by atoms with Crippen molar-refractivity contribution in [3.63, 3.8) is 0 Å². The molecular weight excluding hydrogens is 464 g/mol. The molecule has 0 spiro atoms. The Morgan fingerprint density at radius 2 is 1.74 bits per heavy atom. The van der Waals surface area contributed by atoms with Gasteiger partial charge in [0.25, 0.3) is 5.91 Å². The van der Waals surface area contributed by atoms with Gasteiger partial charge in [-0.1, -0.05) is 41.9 Å². The first-order valence-electron chi connectivity index (χ1n) is 11.6. The van der Waals surface area contributed by atoms with E-state index in [4.69, 9.17) is 21.1 Å². The maximum atomic E-state index is 13.0. The average molecular weight is 489 g/mol. The minimum absolute atomic E-state index is 0.0197. The molecule has 5 rings (SSSR count). The fraction of sp³-hybridized carbons (Fsp3) is 0.222. The minimum Gasteiger partial charge on any atom is -0.459 e. The third-order valence-corrected chi connectivity index (χ3v) is 6.41. The molecule has 0 atom stereocenters. The Labute approximate surface area is 208 Å². The average Bonchev–Trinajstić information content (AvgIpc) is 3.56. The van der Waals surface area contributed by atoms with Crippen molar-refractivity contribution in [2.45, 2.75) is 25.3 Å². The Morgan fingerprint density at radius 3 is 2.43 bits per heavy atom. The fourth-order valence-corrected chi connectivity index (χ4v) is 4.46. The van der Waals surface area contributed by atoms with Crippen molar-refractivity contribution in [1.29, 1.82) is 0 Å². The number of piperidine rings is 1. The lowest BCUT2D eigenvalue weighted by Crippen LogP contribution is -2.46. The largest absolute Gasteiger partial charge is 0.459 e. The Bertz CT molecular complexity index is 1290. The topological polar surface area (TPSA) is 80.4 Å². The van der Waals surface area contributed by atoms with E-state index in [1.807, 2.05) is 60.8 Å². The van der Waals surface area contributed by atoms with Crippen molar-refractivity contribution in [1.82, 2.24) is 20.0 Å². The molecule has 4 aromatic rings. The first kappa shape index (κ1) is 22.9. The van der Waals surface area contributed by atoms with Crippen LogP contribution in [0, 0.1) is 0 Å². The number of nitrogens with one attached hydrogen (secondary N) is 1. The van der Waals surface area contributed by atoms with Gasteiger partial charge in [0.15, 0.2) is 5.76 Å². The summed E-state index contributed by atoms with van der Waals surface area (Å²) in [5.74, 6) is 0.169. The van der Waals surface area contributed by atoms with Crippen molar-refractivity contribution in [3.05, 3.63) is 95.5 Å². The van der Waals surface area contributed by atoms with Gasteiger partial charge in [-0.3, -0.25) is 9.59 Å². The standard InChI is InChI=1S/C27H25ClN4O3/c28-21-10-8-19(9-11-21)26-20(18-32(30-26)23-5-2-1-3-6-23)17-25(33)29-22-12-14-31(15-13-22)27(34)24-7-4-16-35-24/h1-11,16,18,22H,12-15,17H2,(H,29,33). The molecule has 0 bridgehead atoms. The molecule has 1 fully saturated rings. The van der Waals surface area contributed by atoms with E-state index in [2.05, 4.69) is 5.32 Å². The third-order valence-electron chi connectivity index (χ3n) is 6.16. The van der Waals surface area contributed by atoms with Gasteiger partial charge < -0.3 is 14.6 Å². The molecule has 35 heavy (non-hydrogen) atoms. The zero-order valence-electron chi connectivity index (χ0n) is 19.1. The highest BCUT2D eigenvalue weighted by Gasteiger charge is 2.26. The number of carbonyl (C=O) groups is 2. The normalized spacial score (nSPS) is 14.1. The highest BCUT2D eigenvalue weighted by atomic mass is 35.5. The van der Waals surface area contributed by atoms with Crippen LogP contribution in [0.3, 0.4) is 0 Å². The zero-order valence-corrected chi connectivity index (χ0v) is 19.8. The van der Waals surface area contributed by atoms with Crippen molar-refractivity contribution < 1.29 is 14.0 Å². The summed E-state index contributed by atoms with van der Waals surface area (Å²) in [6.07, 6.45) is 5.01. The molecule has 0 saturated carbocycles. The molecule has 1 saturated heterocycles. The summed E-state index contributed by atoms with van der Waals surface area (Å²) in [5, 5.41) is 8.56. The number of nitrogens with zero attached hydrogens (tertiary/aromatic N) is 3. The molecule has 7 nitrogen and oxygen atoms in total. The van der Waals surface area contributed by atoms with Gasteiger partial charge in [-0.15, -0.1) is 0 Å². The number of halogens is 1. The Hall–Kier alpha value is -3.84. The van der Waals surface area contributed by atoms with Gasteiger partial charge in [-0.2, -0.15) is 5.10 Å². The van der Waals surface area contributed by atoms with Crippen molar-refractivity contribution in [3.8, 4) is 16.9 Å². The van der Waals surface area contributed by atoms with Gasteiger partial charge in [0.1, 0.15) is 0 Å². The molecule has 0 radical (unpaired) electrons. The lowest BCUT2D eigenvalue weighted by molar-refractivity contribution is -0.121. The highest BCUT2D eigenvalue weighted by Crippen LogP contribution is 2.26. The molecule has 0 unspecified atom stereocenters. The summed E-state index contributed by atoms with van der Waals surface area (Å²) in [5.41, 5.74) is 3.40. The first-order valence-corrected chi connectivity index (χ1v) is 12.0. The van der Waals surface area contributed by atoms with Crippen LogP contribution in [0.2, 0.25) is 5.02 Å². The second-order valence-corrected chi connectivity index (χ2v) is 9.01. The van der Waals surface area contributed by atoms with Crippen molar-refractivity contribution >= 4 is 23.4 Å². The molecule has 2 amide bonds. The Kier molecular flexibility index (Phi) is 6.68. The molecule has 1 N–H and O–H groups in total. The van der Waals surface area contributed by atoms with Gasteiger partial charge >= 0.3 is 0 Å². The van der Waals surface area contributed by atoms with Gasteiger partial charge in [-0.25, -0.2) is 4.68 Å². The number of likely N-dealkylation sites (tertiary alicyclic amines) is 1. The fourth-order valence-electron chi connectivity index (χ4n) is 4.34. The van der Waals surface area contributed by atoms with Gasteiger partial charge in [0.05, 0.1) is 24.1 Å². The molecular formula is C27H25ClN4O3. The number of furan rings is 1. The van der Waals surface area contributed by atoms with Crippen LogP contribution in [0.4, 0.5) is 0 Å². The zero-order chi connectivity index (χ0) is 24.2. The van der Waals surface area contributed by atoms with E-state index in [-0.39, 0.29) is 24.3 Å². The van der Waals surface area contributed by atoms with Crippen molar-refractivity contribution in [2.75, 3.05) is 13.1 Å². The second-order valence-electron chi connectivity index (χ2n) is 8.58. The first-order chi connectivity index (χ1) is 17.1. The SMILES string of the molecule is O=C(Cc1cn(-c2ccccc2)nc1-c1ccc(Cl)cc1)NC1CCN(C(=O)c2ccco2)CC1. The molecule has 1 aliphatic rings. The number of amides is 2. The monoisotopic (exact) mass is 488 g/mol. The Morgan fingerprint density at radius 1 is 1.00 bits per heavy atom. The minimum atomic E-state index is -0.110. The van der Waals surface area contributed by atoms with Gasteiger partial charge in [-0.05, 0) is 49.2 Å². The smallest absolute Gasteiger partial charge is 0.289 e. The van der Waals surface area contributed by atoms with Crippen LogP contribution < -0.4 is 5.32 Å². The van der Waals surface area contributed by atoms with E-state index in [0.29, 0.717) is 36.7 Å². The predicted molar refractivity (Wildman–Crippen MR) is 133 cm³/mol. The molecule has 2 aromatic heterocycles. The quantitative estimate of drug-likeness (QED) is 0.424. The number of para-hydroxylation sites is 1. The number of aromatic nitrogens is 2. The molecule has 3 heterocycles. The van der Waals surface area contributed by atoms with Crippen LogP contribution in [-0.2, 0) is 11.2 Å². The van der Waals surface area contributed by atoms with Crippen LogP contribution in [0.15, 0.2) is 83.6 Å². The molecule has 8 heteroatoms. The van der Waals surface area contributed by atoms with Crippen molar-refractivity contribution in [2.24, 2.45) is 0 Å². The van der Waals surface area contributed by atoms with E-state index < -0.39 is 0 Å². The van der Waals surface area contributed by atoms with Crippen LogP contribution in [0.1, 0.15) is 29.0 Å². The predicted octanol–water partition coefficient (Wildman–Crippen LogP) is 4.75. The number of hydrogen-bond acceptors (Lipinski definition) is 4. The number of carbonyl (C=O) groups excluding carboxylic acids is 2. The Balaban J connectivity index is 1.27. The summed E-state index contributed by atoms with van der Waals surface area (Å²) in [7, 11) is 0. The molecule has 0 aliphatic carbocycles. The summed E-state index contributed by atoms with van der Waals surface area (Å²) in [6.45, 7) is 1.15. The van der Waals surface area contributed by atoms with E-state index in [1.54, 1.807) is 21.7 Å². The van der Waals surface area contributed by atoms with E-state index in [0.717, 1.165) is 22.5 Å². The maximum absolute atomic E-state index is 13.0. The van der Waals surface area contributed by atoms with Crippen LogP contribution in [0.5, 0.6) is 0 Å². The molecule has 1 aliphatic heterocycles. The lowest BCUT2D eigenvalue weighted by Gasteiger charge is -2.31. The summed E-state index contributed by atoms with van der Waals surface area (Å²) >= 11 is 6.07. The summed E-state index contributed by atoms with van der Waals surface area (Å²) in [4.78, 5) is 27.2. The van der Waals surface area contributed by atoms with E-state index >= 15 is 0 Å². The highest BCUT2D eigenvalue weighted by molar-refractivity contribution is 6.30. The maximum Gasteiger partial charge on any atom is 0.289 e. The third kappa shape index (κ3) is 5.30. The van der Waals surface area contributed by atoms with Gasteiger partial charge in [0, 0.05) is 41.5 Å². The van der Waals surface area contributed by atoms with Crippen LogP contribution in [-0.4, -0.2) is 45.6 Å². The van der Waals surface area contributed by atoms with Crippen LogP contribution >= 0.6 is 11.6 Å². The molecule has 178 valence electrons. The number of benzene rings is 2. The van der Waals surface area contributed by atoms with E-state index in [9.17, 15) is 9.59 Å². The van der Waals surface area contributed by atoms with Crippen LogP contribution in [0.25, 0.3) is 16.9 Å². The summed E-state index contributed by atoms with van der Waals surface area (Å²) in [6, 6.07) is 20.7. The molecule has 2 aromatic carbocycles. The summed E-state index contributed by atoms with van der Waals surface area (Å²) < 4.78 is 7.02. The van der Waals surface area contributed by atoms with Gasteiger partial charge in [0.2, 0.25) is 5.91 Å². The van der Waals surface area contributed by atoms with E-state index in [1.165, 1.54) is 6.26 Å². The lowest BCUT2D eigenvalue weighted by atomic mass is 10.0. The number of rotatable bonds is 6.